The summed E-state index contributed by atoms with van der Waals surface area (Å²) in [6.45, 7) is 12.3. The lowest BCUT2D eigenvalue weighted by atomic mass is 9.94. The van der Waals surface area contributed by atoms with Gasteiger partial charge in [0.2, 0.25) is 0 Å². The molecule has 94 valence electrons. The first kappa shape index (κ1) is 17.2. The van der Waals surface area contributed by atoms with Gasteiger partial charge in [0.25, 0.3) is 0 Å². The van der Waals surface area contributed by atoms with E-state index in [1.165, 1.54) is 0 Å². The third-order valence-corrected chi connectivity index (χ3v) is 1.88. The molecule has 16 heavy (non-hydrogen) atoms. The molecular formula is C13H25NO2. The summed E-state index contributed by atoms with van der Waals surface area (Å²) < 4.78 is 0. The van der Waals surface area contributed by atoms with Crippen molar-refractivity contribution in [3.8, 4) is 0 Å². The molecule has 0 saturated heterocycles. The number of hydrogen-bond donors (Lipinski definition) is 2. The number of rotatable bonds is 7. The zero-order valence-electron chi connectivity index (χ0n) is 10.9. The van der Waals surface area contributed by atoms with Gasteiger partial charge in [0.05, 0.1) is 0 Å². The van der Waals surface area contributed by atoms with Crippen molar-refractivity contribution >= 4 is 5.97 Å². The topological polar surface area (TPSA) is 49.3 Å². The van der Waals surface area contributed by atoms with Crippen LogP contribution in [0, 0.1) is 11.8 Å². The molecule has 0 aromatic rings. The molecule has 2 N–H and O–H groups in total. The molecule has 0 amide bonds. The third-order valence-electron chi connectivity index (χ3n) is 1.88. The lowest BCUT2D eigenvalue weighted by Gasteiger charge is -2.16. The van der Waals surface area contributed by atoms with Gasteiger partial charge < -0.3 is 10.4 Å². The van der Waals surface area contributed by atoms with Crippen LogP contribution >= 0.6 is 0 Å². The molecule has 0 aliphatic carbocycles. The Labute approximate surface area is 99.3 Å². The molecule has 0 spiro atoms. The molecule has 0 fully saturated rings. The number of aliphatic carboxylic acids is 1. The van der Waals surface area contributed by atoms with Gasteiger partial charge in [0, 0.05) is 19.2 Å². The lowest BCUT2D eigenvalue weighted by molar-refractivity contribution is -0.138. The Hall–Kier alpha value is -1.21. The number of nitrogens with one attached hydrogen (secondary N) is 1. The molecule has 0 heterocycles. The van der Waals surface area contributed by atoms with E-state index in [2.05, 4.69) is 31.5 Å². The quantitative estimate of drug-likeness (QED) is 0.657. The van der Waals surface area contributed by atoms with E-state index >= 15 is 0 Å². The van der Waals surface area contributed by atoms with Crippen molar-refractivity contribution in [1.82, 2.24) is 5.32 Å². The summed E-state index contributed by atoms with van der Waals surface area (Å²) in [6.07, 6.45) is 2.76. The minimum atomic E-state index is -0.736. The Morgan fingerprint density at radius 2 is 2.06 bits per heavy atom. The number of hydrogen-bond acceptors (Lipinski definition) is 2. The van der Waals surface area contributed by atoms with Crippen LogP contribution in [0.5, 0.6) is 0 Å². The standard InChI is InChI=1S/C11H19NO2.C2H6/c1-4-5-12-8-10(6-9(2)3)7-11(13)14;1-2/h5,9-10,12H,1,6-8H2,2-3H3,(H,13,14);1-2H3. The molecule has 3 heteroatoms. The zero-order valence-corrected chi connectivity index (χ0v) is 10.9. The smallest absolute Gasteiger partial charge is 0.303 e. The summed E-state index contributed by atoms with van der Waals surface area (Å²) >= 11 is 0. The largest absolute Gasteiger partial charge is 0.481 e. The second kappa shape index (κ2) is 11.9. The van der Waals surface area contributed by atoms with Crippen LogP contribution in [-0.2, 0) is 4.79 Å². The van der Waals surface area contributed by atoms with E-state index < -0.39 is 5.97 Å². The van der Waals surface area contributed by atoms with Crippen molar-refractivity contribution in [2.24, 2.45) is 11.8 Å². The van der Waals surface area contributed by atoms with E-state index in [9.17, 15) is 4.79 Å². The predicted molar refractivity (Wildman–Crippen MR) is 68.3 cm³/mol. The van der Waals surface area contributed by atoms with E-state index in [1.807, 2.05) is 13.8 Å². The van der Waals surface area contributed by atoms with Crippen LogP contribution in [0.15, 0.2) is 18.5 Å². The highest BCUT2D eigenvalue weighted by molar-refractivity contribution is 5.67. The van der Waals surface area contributed by atoms with E-state index in [1.54, 1.807) is 6.20 Å². The molecule has 0 bridgehead atoms. The molecule has 0 aromatic heterocycles. The van der Waals surface area contributed by atoms with E-state index in [4.69, 9.17) is 5.11 Å². The van der Waals surface area contributed by atoms with Gasteiger partial charge in [-0.3, -0.25) is 4.79 Å². The highest BCUT2D eigenvalue weighted by Crippen LogP contribution is 2.14. The summed E-state index contributed by atoms with van der Waals surface area (Å²) in [7, 11) is 0. The first-order chi connectivity index (χ1) is 7.56. The molecule has 0 aliphatic heterocycles. The van der Waals surface area contributed by atoms with Gasteiger partial charge in [-0.15, -0.1) is 5.73 Å². The Kier molecular flexibility index (Phi) is 12.7. The van der Waals surface area contributed by atoms with Crippen LogP contribution in [0.2, 0.25) is 0 Å². The van der Waals surface area contributed by atoms with Crippen molar-refractivity contribution in [3.63, 3.8) is 0 Å². The Bertz CT molecular complexity index is 218. The van der Waals surface area contributed by atoms with Crippen LogP contribution < -0.4 is 5.32 Å². The number of carboxylic acid groups (broad SMARTS) is 1. The second-order valence-electron chi connectivity index (χ2n) is 3.85. The molecule has 1 atom stereocenters. The summed E-state index contributed by atoms with van der Waals surface area (Å²) in [4.78, 5) is 10.6. The normalized spacial score (nSPS) is 10.8. The SMILES string of the molecule is C=C=CNCC(CC(=O)O)CC(C)C.CC. The second-order valence-corrected chi connectivity index (χ2v) is 3.85. The highest BCUT2D eigenvalue weighted by atomic mass is 16.4. The molecular weight excluding hydrogens is 202 g/mol. The summed E-state index contributed by atoms with van der Waals surface area (Å²) in [5.41, 5.74) is 2.60. The Morgan fingerprint density at radius 3 is 2.44 bits per heavy atom. The van der Waals surface area contributed by atoms with Crippen molar-refractivity contribution in [2.45, 2.75) is 40.5 Å². The van der Waals surface area contributed by atoms with Gasteiger partial charge in [0.15, 0.2) is 0 Å². The maximum absolute atomic E-state index is 10.6. The highest BCUT2D eigenvalue weighted by Gasteiger charge is 2.13. The van der Waals surface area contributed by atoms with Gasteiger partial charge >= 0.3 is 5.97 Å². The maximum atomic E-state index is 10.6. The van der Waals surface area contributed by atoms with E-state index in [-0.39, 0.29) is 12.3 Å². The maximum Gasteiger partial charge on any atom is 0.303 e. The van der Waals surface area contributed by atoms with E-state index in [0.717, 1.165) is 6.42 Å². The molecule has 3 nitrogen and oxygen atoms in total. The molecule has 0 rings (SSSR count). The van der Waals surface area contributed by atoms with Crippen LogP contribution in [-0.4, -0.2) is 17.6 Å². The predicted octanol–water partition coefficient (Wildman–Crippen LogP) is 3.04. The molecule has 0 saturated carbocycles. The van der Waals surface area contributed by atoms with E-state index in [0.29, 0.717) is 12.5 Å². The Balaban J connectivity index is 0. The van der Waals surface area contributed by atoms with Crippen LogP contribution in [0.3, 0.4) is 0 Å². The van der Waals surface area contributed by atoms with Crippen LogP contribution in [0.4, 0.5) is 0 Å². The molecule has 0 radical (unpaired) electrons. The van der Waals surface area contributed by atoms with Crippen molar-refractivity contribution in [2.75, 3.05) is 6.54 Å². The number of carboxylic acids is 1. The summed E-state index contributed by atoms with van der Waals surface area (Å²) in [5, 5.41) is 11.7. The summed E-state index contributed by atoms with van der Waals surface area (Å²) in [5.74, 6) is -0.0361. The first-order valence-corrected chi connectivity index (χ1v) is 5.85. The fourth-order valence-corrected chi connectivity index (χ4v) is 1.45. The molecule has 1 unspecified atom stereocenters. The molecule has 0 aliphatic rings. The molecule has 0 aromatic carbocycles. The fourth-order valence-electron chi connectivity index (χ4n) is 1.45. The average molecular weight is 227 g/mol. The lowest BCUT2D eigenvalue weighted by Crippen LogP contribution is -2.22. The third kappa shape index (κ3) is 12.8. The fraction of sp³-hybridized carbons (Fsp3) is 0.692. The summed E-state index contributed by atoms with van der Waals surface area (Å²) in [6, 6.07) is 0. The minimum absolute atomic E-state index is 0.178. The Morgan fingerprint density at radius 1 is 1.50 bits per heavy atom. The van der Waals surface area contributed by atoms with Gasteiger partial charge in [0.1, 0.15) is 0 Å². The minimum Gasteiger partial charge on any atom is -0.481 e. The van der Waals surface area contributed by atoms with Crippen molar-refractivity contribution in [3.05, 3.63) is 18.5 Å². The van der Waals surface area contributed by atoms with Gasteiger partial charge in [-0.25, -0.2) is 0 Å². The van der Waals surface area contributed by atoms with Crippen LogP contribution in [0.25, 0.3) is 0 Å². The van der Waals surface area contributed by atoms with Gasteiger partial charge in [-0.2, -0.15) is 0 Å². The number of carbonyl (C=O) groups is 1. The van der Waals surface area contributed by atoms with Crippen LogP contribution in [0.1, 0.15) is 40.5 Å². The first-order valence-electron chi connectivity index (χ1n) is 5.85. The van der Waals surface area contributed by atoms with Gasteiger partial charge in [-0.05, 0) is 18.3 Å². The van der Waals surface area contributed by atoms with Crippen molar-refractivity contribution < 1.29 is 9.90 Å². The van der Waals surface area contributed by atoms with Gasteiger partial charge in [-0.1, -0.05) is 34.3 Å². The zero-order chi connectivity index (χ0) is 13.0. The average Bonchev–Trinajstić information content (AvgIpc) is 2.19. The van der Waals surface area contributed by atoms with Crippen molar-refractivity contribution in [1.29, 1.82) is 0 Å². The monoisotopic (exact) mass is 227 g/mol.